The SMILES string of the molecule is CC(C1CCOC1)n1c(N)cc2ccccc2c1=O. The molecule has 0 spiro atoms. The van der Waals surface area contributed by atoms with Gasteiger partial charge in [-0.3, -0.25) is 9.36 Å². The van der Waals surface area contributed by atoms with Crippen LogP contribution in [0.2, 0.25) is 0 Å². The summed E-state index contributed by atoms with van der Waals surface area (Å²) in [5.74, 6) is 0.893. The van der Waals surface area contributed by atoms with E-state index >= 15 is 0 Å². The zero-order valence-corrected chi connectivity index (χ0v) is 11.0. The molecule has 2 N–H and O–H groups in total. The van der Waals surface area contributed by atoms with Crippen molar-refractivity contribution in [1.82, 2.24) is 4.57 Å². The molecule has 2 heterocycles. The van der Waals surface area contributed by atoms with Crippen molar-refractivity contribution in [2.24, 2.45) is 5.92 Å². The number of nitrogens with zero attached hydrogens (tertiary/aromatic N) is 1. The Balaban J connectivity index is 2.15. The maximum atomic E-state index is 12.6. The van der Waals surface area contributed by atoms with Gasteiger partial charge in [0.2, 0.25) is 0 Å². The van der Waals surface area contributed by atoms with Crippen molar-refractivity contribution >= 4 is 16.6 Å². The summed E-state index contributed by atoms with van der Waals surface area (Å²) in [7, 11) is 0. The lowest BCUT2D eigenvalue weighted by atomic mass is 10.00. The highest BCUT2D eigenvalue weighted by molar-refractivity contribution is 5.83. The van der Waals surface area contributed by atoms with Gasteiger partial charge in [0.05, 0.1) is 6.61 Å². The van der Waals surface area contributed by atoms with Crippen LogP contribution in [0.15, 0.2) is 35.1 Å². The number of aromatic nitrogens is 1. The summed E-state index contributed by atoms with van der Waals surface area (Å²) in [6.07, 6.45) is 0.986. The Bertz CT molecular complexity index is 657. The Kier molecular flexibility index (Phi) is 3.03. The highest BCUT2D eigenvalue weighted by Crippen LogP contribution is 2.27. The fraction of sp³-hybridized carbons (Fsp3) is 0.400. The minimum Gasteiger partial charge on any atom is -0.385 e. The van der Waals surface area contributed by atoms with Gasteiger partial charge in [-0.15, -0.1) is 0 Å². The number of hydrogen-bond acceptors (Lipinski definition) is 3. The smallest absolute Gasteiger partial charge is 0.260 e. The molecule has 3 rings (SSSR count). The summed E-state index contributed by atoms with van der Waals surface area (Å²) in [5.41, 5.74) is 6.07. The average molecular weight is 258 g/mol. The Morgan fingerprint density at radius 1 is 1.42 bits per heavy atom. The molecule has 0 saturated carbocycles. The molecule has 19 heavy (non-hydrogen) atoms. The highest BCUT2D eigenvalue weighted by Gasteiger charge is 2.25. The predicted molar refractivity (Wildman–Crippen MR) is 76.3 cm³/mol. The van der Waals surface area contributed by atoms with Gasteiger partial charge in [-0.2, -0.15) is 0 Å². The molecule has 1 aliphatic heterocycles. The third-order valence-electron chi connectivity index (χ3n) is 4.05. The van der Waals surface area contributed by atoms with Crippen molar-refractivity contribution in [3.8, 4) is 0 Å². The Hall–Kier alpha value is -1.81. The number of anilines is 1. The van der Waals surface area contributed by atoms with Crippen LogP contribution in [0.3, 0.4) is 0 Å². The second-order valence-electron chi connectivity index (χ2n) is 5.20. The van der Waals surface area contributed by atoms with E-state index in [4.69, 9.17) is 10.5 Å². The maximum Gasteiger partial charge on any atom is 0.260 e. The predicted octanol–water partition coefficient (Wildman–Crippen LogP) is 2.18. The third-order valence-corrected chi connectivity index (χ3v) is 4.05. The van der Waals surface area contributed by atoms with E-state index < -0.39 is 0 Å². The number of benzene rings is 1. The molecular weight excluding hydrogens is 240 g/mol. The molecule has 100 valence electrons. The van der Waals surface area contributed by atoms with Crippen molar-refractivity contribution in [2.45, 2.75) is 19.4 Å². The number of rotatable bonds is 2. The van der Waals surface area contributed by atoms with Crippen LogP contribution < -0.4 is 11.3 Å². The summed E-state index contributed by atoms with van der Waals surface area (Å²) in [6.45, 7) is 3.53. The molecule has 1 fully saturated rings. The van der Waals surface area contributed by atoms with Gasteiger partial charge in [0.15, 0.2) is 0 Å². The highest BCUT2D eigenvalue weighted by atomic mass is 16.5. The number of pyridine rings is 1. The zero-order chi connectivity index (χ0) is 13.4. The molecule has 2 atom stereocenters. The third kappa shape index (κ3) is 2.02. The van der Waals surface area contributed by atoms with Crippen LogP contribution >= 0.6 is 0 Å². The van der Waals surface area contributed by atoms with Gasteiger partial charge in [0.1, 0.15) is 5.82 Å². The molecule has 0 aliphatic carbocycles. The van der Waals surface area contributed by atoms with Crippen LogP contribution in [0.5, 0.6) is 0 Å². The maximum absolute atomic E-state index is 12.6. The first kappa shape index (κ1) is 12.2. The van der Waals surface area contributed by atoms with Gasteiger partial charge in [0.25, 0.3) is 5.56 Å². The fourth-order valence-corrected chi connectivity index (χ4v) is 2.86. The van der Waals surface area contributed by atoms with Gasteiger partial charge in [-0.25, -0.2) is 0 Å². The number of nitrogens with two attached hydrogens (primary N) is 1. The van der Waals surface area contributed by atoms with Gasteiger partial charge < -0.3 is 10.5 Å². The molecule has 1 aromatic carbocycles. The Labute approximate surface area is 111 Å². The monoisotopic (exact) mass is 258 g/mol. The van der Waals surface area contributed by atoms with Crippen LogP contribution in [-0.2, 0) is 4.74 Å². The van der Waals surface area contributed by atoms with Gasteiger partial charge in [-0.05, 0) is 30.9 Å². The fourth-order valence-electron chi connectivity index (χ4n) is 2.86. The molecule has 1 aromatic heterocycles. The number of fused-ring (bicyclic) bond motifs is 1. The first-order valence-electron chi connectivity index (χ1n) is 6.66. The van der Waals surface area contributed by atoms with Crippen LogP contribution in [-0.4, -0.2) is 17.8 Å². The van der Waals surface area contributed by atoms with E-state index in [9.17, 15) is 4.79 Å². The summed E-state index contributed by atoms with van der Waals surface area (Å²) in [6, 6.07) is 9.52. The van der Waals surface area contributed by atoms with E-state index in [1.54, 1.807) is 4.57 Å². The molecule has 2 unspecified atom stereocenters. The lowest BCUT2D eigenvalue weighted by Crippen LogP contribution is -2.30. The lowest BCUT2D eigenvalue weighted by Gasteiger charge is -2.23. The standard InChI is InChI=1S/C15H18N2O2/c1-10(12-6-7-19-9-12)17-14(16)8-11-4-2-3-5-13(11)15(17)18/h2-5,8,10,12H,6-7,9,16H2,1H3. The zero-order valence-electron chi connectivity index (χ0n) is 11.0. The molecule has 0 bridgehead atoms. The first-order valence-corrected chi connectivity index (χ1v) is 6.66. The molecule has 4 nitrogen and oxygen atoms in total. The van der Waals surface area contributed by atoms with Crippen LogP contribution in [0.25, 0.3) is 10.8 Å². The minimum absolute atomic E-state index is 0.00463. The van der Waals surface area contributed by atoms with Crippen LogP contribution in [0, 0.1) is 5.92 Å². The average Bonchev–Trinajstić information content (AvgIpc) is 2.92. The first-order chi connectivity index (χ1) is 9.18. The van der Waals surface area contributed by atoms with Gasteiger partial charge >= 0.3 is 0 Å². The normalized spacial score (nSPS) is 20.8. The number of nitrogen functional groups attached to an aromatic ring is 1. The molecule has 4 heteroatoms. The molecule has 2 aromatic rings. The van der Waals surface area contributed by atoms with E-state index in [-0.39, 0.29) is 11.6 Å². The molecule has 1 saturated heterocycles. The van der Waals surface area contributed by atoms with Crippen molar-refractivity contribution in [3.63, 3.8) is 0 Å². The van der Waals surface area contributed by atoms with Crippen LogP contribution in [0.4, 0.5) is 5.82 Å². The molecular formula is C15H18N2O2. The van der Waals surface area contributed by atoms with E-state index in [0.717, 1.165) is 23.8 Å². The largest absolute Gasteiger partial charge is 0.385 e. The Morgan fingerprint density at radius 3 is 2.95 bits per heavy atom. The lowest BCUT2D eigenvalue weighted by molar-refractivity contribution is 0.175. The topological polar surface area (TPSA) is 57.2 Å². The number of hydrogen-bond donors (Lipinski definition) is 1. The van der Waals surface area contributed by atoms with Crippen LogP contribution in [0.1, 0.15) is 19.4 Å². The second kappa shape index (κ2) is 4.70. The molecule has 1 aliphatic rings. The van der Waals surface area contributed by atoms with E-state index in [0.29, 0.717) is 18.3 Å². The quantitative estimate of drug-likeness (QED) is 0.898. The molecule has 0 radical (unpaired) electrons. The van der Waals surface area contributed by atoms with Crippen molar-refractivity contribution < 1.29 is 4.74 Å². The summed E-state index contributed by atoms with van der Waals surface area (Å²) < 4.78 is 7.12. The van der Waals surface area contributed by atoms with E-state index in [1.807, 2.05) is 37.3 Å². The van der Waals surface area contributed by atoms with E-state index in [1.165, 1.54) is 0 Å². The minimum atomic E-state index is -0.00463. The summed E-state index contributed by atoms with van der Waals surface area (Å²) in [5, 5.41) is 1.62. The van der Waals surface area contributed by atoms with E-state index in [2.05, 4.69) is 0 Å². The van der Waals surface area contributed by atoms with Crippen molar-refractivity contribution in [1.29, 1.82) is 0 Å². The van der Waals surface area contributed by atoms with Crippen molar-refractivity contribution in [2.75, 3.05) is 18.9 Å². The Morgan fingerprint density at radius 2 is 2.21 bits per heavy atom. The molecule has 0 amide bonds. The summed E-state index contributed by atoms with van der Waals surface area (Å²) in [4.78, 5) is 12.6. The summed E-state index contributed by atoms with van der Waals surface area (Å²) >= 11 is 0. The number of ether oxygens (including phenoxy) is 1. The van der Waals surface area contributed by atoms with Gasteiger partial charge in [-0.1, -0.05) is 18.2 Å². The van der Waals surface area contributed by atoms with Gasteiger partial charge in [0, 0.05) is 24.0 Å². The van der Waals surface area contributed by atoms with Crippen molar-refractivity contribution in [3.05, 3.63) is 40.7 Å². The second-order valence-corrected chi connectivity index (χ2v) is 5.20.